The number of hydrogen-bond donors (Lipinski definition) is 1. The number of anilines is 1. The fourth-order valence-electron chi connectivity index (χ4n) is 2.98. The van der Waals surface area contributed by atoms with Crippen LogP contribution < -0.4 is 10.1 Å². The number of para-hydroxylation sites is 1. The number of nitrogens with one attached hydrogen (secondary N) is 1. The minimum absolute atomic E-state index is 0.114. The van der Waals surface area contributed by atoms with E-state index >= 15 is 0 Å². The fourth-order valence-corrected chi connectivity index (χ4v) is 4.26. The molecule has 0 aliphatic heterocycles. The van der Waals surface area contributed by atoms with Crippen LogP contribution in [0.3, 0.4) is 0 Å². The van der Waals surface area contributed by atoms with E-state index in [2.05, 4.69) is 29.4 Å². The SMILES string of the molecule is CC(C)Cn1c(SCC(=O)Nc2cc(Cl)cc(Cl)c2)nnc1C(C)Oc1ccccc1F. The van der Waals surface area contributed by atoms with Crippen molar-refractivity contribution in [2.75, 3.05) is 11.1 Å². The quantitative estimate of drug-likeness (QED) is 0.354. The number of halogens is 3. The molecule has 0 saturated carbocycles. The van der Waals surface area contributed by atoms with E-state index < -0.39 is 11.9 Å². The maximum absolute atomic E-state index is 14.0. The number of ether oxygens (including phenoxy) is 1. The molecule has 1 atom stereocenters. The van der Waals surface area contributed by atoms with Gasteiger partial charge in [0, 0.05) is 22.3 Å². The van der Waals surface area contributed by atoms with Crippen LogP contribution in [0.15, 0.2) is 47.6 Å². The summed E-state index contributed by atoms with van der Waals surface area (Å²) in [6, 6.07) is 11.1. The normalized spacial score (nSPS) is 12.1. The highest BCUT2D eigenvalue weighted by atomic mass is 35.5. The molecule has 3 aromatic rings. The van der Waals surface area contributed by atoms with E-state index in [0.717, 1.165) is 0 Å². The van der Waals surface area contributed by atoms with Gasteiger partial charge < -0.3 is 14.6 Å². The summed E-state index contributed by atoms with van der Waals surface area (Å²) in [6.45, 7) is 6.55. The van der Waals surface area contributed by atoms with Crippen molar-refractivity contribution in [3.63, 3.8) is 0 Å². The smallest absolute Gasteiger partial charge is 0.234 e. The monoisotopic (exact) mass is 496 g/mol. The van der Waals surface area contributed by atoms with Crippen molar-refractivity contribution in [3.8, 4) is 5.75 Å². The Morgan fingerprint density at radius 2 is 1.84 bits per heavy atom. The molecular weight excluding hydrogens is 474 g/mol. The van der Waals surface area contributed by atoms with Crippen molar-refractivity contribution in [1.29, 1.82) is 0 Å². The average molecular weight is 497 g/mol. The topological polar surface area (TPSA) is 69.0 Å². The third-order valence-electron chi connectivity index (χ3n) is 4.28. The van der Waals surface area contributed by atoms with Gasteiger partial charge in [0.2, 0.25) is 5.91 Å². The fraction of sp³-hybridized carbons (Fsp3) is 0.318. The van der Waals surface area contributed by atoms with Crippen molar-refractivity contribution in [2.45, 2.75) is 38.6 Å². The summed E-state index contributed by atoms with van der Waals surface area (Å²) < 4.78 is 21.7. The molecule has 2 aromatic carbocycles. The summed E-state index contributed by atoms with van der Waals surface area (Å²) in [5.41, 5.74) is 0.518. The third-order valence-corrected chi connectivity index (χ3v) is 5.68. The first-order valence-corrected chi connectivity index (χ1v) is 11.7. The van der Waals surface area contributed by atoms with Gasteiger partial charge in [0.1, 0.15) is 0 Å². The number of thioether (sulfide) groups is 1. The number of carbonyl (C=O) groups excluding carboxylic acids is 1. The van der Waals surface area contributed by atoms with Crippen LogP contribution in [-0.4, -0.2) is 26.4 Å². The zero-order valence-corrected chi connectivity index (χ0v) is 20.1. The minimum Gasteiger partial charge on any atom is -0.480 e. The van der Waals surface area contributed by atoms with Crippen molar-refractivity contribution in [1.82, 2.24) is 14.8 Å². The van der Waals surface area contributed by atoms with Gasteiger partial charge in [-0.05, 0) is 43.2 Å². The molecule has 0 spiro atoms. The summed E-state index contributed by atoms with van der Waals surface area (Å²) in [7, 11) is 0. The molecule has 3 rings (SSSR count). The van der Waals surface area contributed by atoms with Crippen LogP contribution in [0.2, 0.25) is 10.0 Å². The van der Waals surface area contributed by atoms with Gasteiger partial charge in [-0.25, -0.2) is 4.39 Å². The van der Waals surface area contributed by atoms with Crippen LogP contribution >= 0.6 is 35.0 Å². The van der Waals surface area contributed by atoms with E-state index in [1.165, 1.54) is 17.8 Å². The number of rotatable bonds is 9. The molecule has 0 saturated heterocycles. The third kappa shape index (κ3) is 6.60. The Labute approximate surface area is 200 Å². The van der Waals surface area contributed by atoms with E-state index in [9.17, 15) is 9.18 Å². The van der Waals surface area contributed by atoms with Gasteiger partial charge in [-0.15, -0.1) is 10.2 Å². The van der Waals surface area contributed by atoms with Crippen LogP contribution in [0.4, 0.5) is 10.1 Å². The number of carbonyl (C=O) groups is 1. The van der Waals surface area contributed by atoms with Gasteiger partial charge in [0.15, 0.2) is 28.7 Å². The second-order valence-corrected chi connectivity index (χ2v) is 9.35. The molecule has 1 N–H and O–H groups in total. The van der Waals surface area contributed by atoms with Crippen LogP contribution in [0.5, 0.6) is 5.75 Å². The number of hydrogen-bond acceptors (Lipinski definition) is 5. The van der Waals surface area contributed by atoms with Gasteiger partial charge >= 0.3 is 0 Å². The maximum atomic E-state index is 14.0. The van der Waals surface area contributed by atoms with Crippen LogP contribution in [0.25, 0.3) is 0 Å². The molecule has 1 heterocycles. The summed E-state index contributed by atoms with van der Waals surface area (Å²) >= 11 is 13.2. The standard InChI is InChI=1S/C22H23Cl2FN4O2S/c1-13(2)11-29-21(14(3)31-19-7-5-4-6-18(19)25)27-28-22(29)32-12-20(30)26-17-9-15(23)8-16(24)10-17/h4-10,13-14H,11-12H2,1-3H3,(H,26,30). The highest BCUT2D eigenvalue weighted by molar-refractivity contribution is 7.99. The van der Waals surface area contributed by atoms with E-state index in [1.807, 2.05) is 4.57 Å². The Morgan fingerprint density at radius 1 is 1.16 bits per heavy atom. The molecule has 6 nitrogen and oxygen atoms in total. The van der Waals surface area contributed by atoms with E-state index in [-0.39, 0.29) is 17.4 Å². The molecule has 1 amide bonds. The molecule has 1 unspecified atom stereocenters. The summed E-state index contributed by atoms with van der Waals surface area (Å²) in [5, 5.41) is 12.7. The average Bonchev–Trinajstić information content (AvgIpc) is 3.09. The molecule has 0 aliphatic rings. The lowest BCUT2D eigenvalue weighted by Gasteiger charge is -2.18. The summed E-state index contributed by atoms with van der Waals surface area (Å²) in [4.78, 5) is 12.4. The second kappa shape index (κ2) is 11.0. The molecule has 0 radical (unpaired) electrons. The summed E-state index contributed by atoms with van der Waals surface area (Å²) in [5.74, 6) is 0.445. The predicted octanol–water partition coefficient (Wildman–Crippen LogP) is 6.25. The lowest BCUT2D eigenvalue weighted by atomic mass is 10.2. The van der Waals surface area contributed by atoms with Crippen LogP contribution in [0, 0.1) is 11.7 Å². The lowest BCUT2D eigenvalue weighted by molar-refractivity contribution is -0.113. The zero-order valence-electron chi connectivity index (χ0n) is 17.8. The molecule has 10 heteroatoms. The molecule has 32 heavy (non-hydrogen) atoms. The van der Waals surface area contributed by atoms with Crippen LogP contribution in [-0.2, 0) is 11.3 Å². The Kier molecular flexibility index (Phi) is 8.39. The number of nitrogens with zero attached hydrogens (tertiary/aromatic N) is 3. The first-order valence-electron chi connectivity index (χ1n) is 9.96. The zero-order chi connectivity index (χ0) is 23.3. The van der Waals surface area contributed by atoms with Crippen molar-refractivity contribution >= 4 is 46.6 Å². The van der Waals surface area contributed by atoms with Crippen LogP contribution in [0.1, 0.15) is 32.7 Å². The van der Waals surface area contributed by atoms with Gasteiger partial charge in [-0.3, -0.25) is 4.79 Å². The second-order valence-electron chi connectivity index (χ2n) is 7.53. The highest BCUT2D eigenvalue weighted by Gasteiger charge is 2.22. The summed E-state index contributed by atoms with van der Waals surface area (Å²) in [6.07, 6.45) is -0.532. The first kappa shape index (κ1) is 24.4. The highest BCUT2D eigenvalue weighted by Crippen LogP contribution is 2.27. The van der Waals surface area contributed by atoms with E-state index in [1.54, 1.807) is 43.3 Å². The number of aromatic nitrogens is 3. The molecule has 170 valence electrons. The maximum Gasteiger partial charge on any atom is 0.234 e. The molecule has 1 aromatic heterocycles. The van der Waals surface area contributed by atoms with E-state index in [0.29, 0.717) is 39.2 Å². The largest absolute Gasteiger partial charge is 0.480 e. The van der Waals surface area contributed by atoms with Crippen molar-refractivity contribution < 1.29 is 13.9 Å². The predicted molar refractivity (Wildman–Crippen MR) is 126 cm³/mol. The van der Waals surface area contributed by atoms with Gasteiger partial charge in [-0.1, -0.05) is 60.9 Å². The van der Waals surface area contributed by atoms with Gasteiger partial charge in [-0.2, -0.15) is 0 Å². The Bertz CT molecular complexity index is 1070. The van der Waals surface area contributed by atoms with Crippen molar-refractivity contribution in [3.05, 3.63) is 64.2 Å². The Morgan fingerprint density at radius 3 is 2.50 bits per heavy atom. The Balaban J connectivity index is 1.71. The Hall–Kier alpha value is -2.29. The molecule has 0 bridgehead atoms. The molecule has 0 aliphatic carbocycles. The minimum atomic E-state index is -0.532. The number of amides is 1. The molecular formula is C22H23Cl2FN4O2S. The molecule has 0 fully saturated rings. The van der Waals surface area contributed by atoms with Gasteiger partial charge in [0.25, 0.3) is 0 Å². The lowest BCUT2D eigenvalue weighted by Crippen LogP contribution is -2.17. The van der Waals surface area contributed by atoms with Crippen molar-refractivity contribution in [2.24, 2.45) is 5.92 Å². The van der Waals surface area contributed by atoms with Gasteiger partial charge in [0.05, 0.1) is 5.75 Å². The number of benzene rings is 2. The van der Waals surface area contributed by atoms with E-state index in [4.69, 9.17) is 27.9 Å². The first-order chi connectivity index (χ1) is 15.2.